The molecule has 1 aromatic heterocycles. The van der Waals surface area contributed by atoms with E-state index in [1.807, 2.05) is 68.2 Å². The van der Waals surface area contributed by atoms with Gasteiger partial charge in [0.15, 0.2) is 0 Å². The van der Waals surface area contributed by atoms with Gasteiger partial charge in [0.25, 0.3) is 5.91 Å². The number of para-hydroxylation sites is 1. The quantitative estimate of drug-likeness (QED) is 0.847. The van der Waals surface area contributed by atoms with Crippen molar-refractivity contribution < 1.29 is 9.53 Å². The second kappa shape index (κ2) is 6.48. The number of aryl methyl sites for hydroxylation is 1. The molecule has 1 aromatic carbocycles. The maximum atomic E-state index is 12.5. The van der Waals surface area contributed by atoms with Gasteiger partial charge in [-0.3, -0.25) is 4.79 Å². The molecule has 0 aliphatic heterocycles. The third kappa shape index (κ3) is 3.27. The molecule has 112 valence electrons. The summed E-state index contributed by atoms with van der Waals surface area (Å²) in [5.74, 6) is 0.897. The monoisotopic (exact) mass is 286 g/mol. The van der Waals surface area contributed by atoms with Gasteiger partial charge in [0.1, 0.15) is 11.4 Å². The number of aromatic nitrogens is 1. The summed E-state index contributed by atoms with van der Waals surface area (Å²) in [7, 11) is 5.39. The predicted molar refractivity (Wildman–Crippen MR) is 83.7 cm³/mol. The van der Waals surface area contributed by atoms with Crippen molar-refractivity contribution >= 4 is 5.91 Å². The Morgan fingerprint density at radius 3 is 2.62 bits per heavy atom. The number of carbonyl (C=O) groups excluding carboxylic acids is 1. The van der Waals surface area contributed by atoms with E-state index >= 15 is 0 Å². The first-order valence-corrected chi connectivity index (χ1v) is 7.05. The van der Waals surface area contributed by atoms with Crippen LogP contribution in [-0.2, 0) is 13.5 Å². The van der Waals surface area contributed by atoms with Gasteiger partial charge < -0.3 is 14.2 Å². The first-order valence-electron chi connectivity index (χ1n) is 7.05. The van der Waals surface area contributed by atoms with E-state index < -0.39 is 0 Å². The Morgan fingerprint density at radius 1 is 1.29 bits per heavy atom. The summed E-state index contributed by atoms with van der Waals surface area (Å²) in [6.45, 7) is 2.05. The standard InChI is InChI=1S/C17H22N2O2/c1-13(12-14-8-5-6-10-16(14)21-4)19(3)17(20)15-9-7-11-18(15)2/h5-11,13H,12H2,1-4H3. The SMILES string of the molecule is COc1ccccc1CC(C)N(C)C(=O)c1cccn1C. The van der Waals surface area contributed by atoms with Crippen LogP contribution in [0.1, 0.15) is 23.0 Å². The van der Waals surface area contributed by atoms with Crippen molar-refractivity contribution in [3.8, 4) is 5.75 Å². The average molecular weight is 286 g/mol. The highest BCUT2D eigenvalue weighted by Crippen LogP contribution is 2.20. The Kier molecular flexibility index (Phi) is 4.68. The molecule has 4 nitrogen and oxygen atoms in total. The molecule has 1 amide bonds. The van der Waals surface area contributed by atoms with Crippen LogP contribution in [0.5, 0.6) is 5.75 Å². The predicted octanol–water partition coefficient (Wildman–Crippen LogP) is 2.74. The van der Waals surface area contributed by atoms with Gasteiger partial charge in [-0.25, -0.2) is 0 Å². The van der Waals surface area contributed by atoms with Crippen LogP contribution in [0.25, 0.3) is 0 Å². The molecule has 0 spiro atoms. The zero-order valence-corrected chi connectivity index (χ0v) is 13.0. The van der Waals surface area contributed by atoms with Crippen molar-refractivity contribution in [1.82, 2.24) is 9.47 Å². The summed E-state index contributed by atoms with van der Waals surface area (Å²) >= 11 is 0. The van der Waals surface area contributed by atoms with E-state index in [0.29, 0.717) is 5.69 Å². The lowest BCUT2D eigenvalue weighted by atomic mass is 10.0. The molecule has 0 saturated heterocycles. The lowest BCUT2D eigenvalue weighted by Crippen LogP contribution is -2.37. The fraction of sp³-hybridized carbons (Fsp3) is 0.353. The summed E-state index contributed by atoms with van der Waals surface area (Å²) in [6, 6.07) is 11.7. The molecule has 4 heteroatoms. The average Bonchev–Trinajstić information content (AvgIpc) is 2.92. The number of ether oxygens (including phenoxy) is 1. The first-order chi connectivity index (χ1) is 10.0. The summed E-state index contributed by atoms with van der Waals surface area (Å²) in [6.07, 6.45) is 2.64. The van der Waals surface area contributed by atoms with Crippen LogP contribution >= 0.6 is 0 Å². The lowest BCUT2D eigenvalue weighted by molar-refractivity contribution is 0.0733. The van der Waals surface area contributed by atoms with Crippen molar-refractivity contribution in [2.75, 3.05) is 14.2 Å². The molecule has 21 heavy (non-hydrogen) atoms. The number of hydrogen-bond acceptors (Lipinski definition) is 2. The van der Waals surface area contributed by atoms with E-state index in [4.69, 9.17) is 4.74 Å². The van der Waals surface area contributed by atoms with E-state index in [1.165, 1.54) is 0 Å². The van der Waals surface area contributed by atoms with E-state index in [-0.39, 0.29) is 11.9 Å². The number of hydrogen-bond donors (Lipinski definition) is 0. The summed E-state index contributed by atoms with van der Waals surface area (Å²) in [5, 5.41) is 0. The number of nitrogens with zero attached hydrogens (tertiary/aromatic N) is 2. The Labute approximate surface area is 125 Å². The summed E-state index contributed by atoms with van der Waals surface area (Å²) in [4.78, 5) is 14.3. The molecule has 0 bridgehead atoms. The largest absolute Gasteiger partial charge is 0.496 e. The van der Waals surface area contributed by atoms with Gasteiger partial charge in [-0.15, -0.1) is 0 Å². The highest BCUT2D eigenvalue weighted by atomic mass is 16.5. The van der Waals surface area contributed by atoms with Crippen molar-refractivity contribution in [2.45, 2.75) is 19.4 Å². The number of amides is 1. The molecule has 0 N–H and O–H groups in total. The molecule has 0 fully saturated rings. The lowest BCUT2D eigenvalue weighted by Gasteiger charge is -2.25. The van der Waals surface area contributed by atoms with Crippen LogP contribution in [0.15, 0.2) is 42.6 Å². The van der Waals surface area contributed by atoms with Crippen molar-refractivity contribution in [1.29, 1.82) is 0 Å². The van der Waals surface area contributed by atoms with Gasteiger partial charge in [0.2, 0.25) is 0 Å². The first kappa shape index (κ1) is 15.2. The third-order valence-corrected chi connectivity index (χ3v) is 3.85. The van der Waals surface area contributed by atoms with Crippen LogP contribution < -0.4 is 4.74 Å². The van der Waals surface area contributed by atoms with Crippen LogP contribution in [0, 0.1) is 0 Å². The molecule has 0 aliphatic carbocycles. The van der Waals surface area contributed by atoms with Crippen LogP contribution in [0.3, 0.4) is 0 Å². The molecule has 2 rings (SSSR count). The maximum absolute atomic E-state index is 12.5. The molecular formula is C17H22N2O2. The van der Waals surface area contributed by atoms with Gasteiger partial charge in [0.05, 0.1) is 7.11 Å². The van der Waals surface area contributed by atoms with E-state index in [0.717, 1.165) is 17.7 Å². The van der Waals surface area contributed by atoms with Crippen molar-refractivity contribution in [3.63, 3.8) is 0 Å². The molecule has 0 saturated carbocycles. The fourth-order valence-electron chi connectivity index (χ4n) is 2.39. The molecule has 0 aliphatic rings. The second-order valence-electron chi connectivity index (χ2n) is 5.29. The van der Waals surface area contributed by atoms with Gasteiger partial charge in [-0.05, 0) is 37.1 Å². The number of methoxy groups -OCH3 is 1. The molecule has 0 radical (unpaired) electrons. The van der Waals surface area contributed by atoms with E-state index in [2.05, 4.69) is 0 Å². The normalized spacial score (nSPS) is 12.0. The summed E-state index contributed by atoms with van der Waals surface area (Å²) < 4.78 is 7.21. The van der Waals surface area contributed by atoms with Crippen LogP contribution in [0.4, 0.5) is 0 Å². The summed E-state index contributed by atoms with van der Waals surface area (Å²) in [5.41, 5.74) is 1.81. The van der Waals surface area contributed by atoms with E-state index in [1.54, 1.807) is 12.0 Å². The highest BCUT2D eigenvalue weighted by Gasteiger charge is 2.20. The maximum Gasteiger partial charge on any atom is 0.270 e. The topological polar surface area (TPSA) is 34.5 Å². The van der Waals surface area contributed by atoms with Crippen LogP contribution in [-0.4, -0.2) is 35.6 Å². The Morgan fingerprint density at radius 2 is 2.00 bits per heavy atom. The third-order valence-electron chi connectivity index (χ3n) is 3.85. The van der Waals surface area contributed by atoms with Crippen molar-refractivity contribution in [3.05, 3.63) is 53.9 Å². The van der Waals surface area contributed by atoms with Gasteiger partial charge >= 0.3 is 0 Å². The number of rotatable bonds is 5. The van der Waals surface area contributed by atoms with E-state index in [9.17, 15) is 4.79 Å². The Bertz CT molecular complexity index is 619. The van der Waals surface area contributed by atoms with Crippen molar-refractivity contribution in [2.24, 2.45) is 7.05 Å². The minimum Gasteiger partial charge on any atom is -0.496 e. The Hall–Kier alpha value is -2.23. The van der Waals surface area contributed by atoms with Crippen LogP contribution in [0.2, 0.25) is 0 Å². The second-order valence-corrected chi connectivity index (χ2v) is 5.29. The molecule has 1 unspecified atom stereocenters. The fourth-order valence-corrected chi connectivity index (χ4v) is 2.39. The zero-order chi connectivity index (χ0) is 15.4. The zero-order valence-electron chi connectivity index (χ0n) is 13.0. The molecular weight excluding hydrogens is 264 g/mol. The number of carbonyl (C=O) groups is 1. The van der Waals surface area contributed by atoms with Gasteiger partial charge in [-0.1, -0.05) is 18.2 Å². The smallest absolute Gasteiger partial charge is 0.270 e. The molecule has 2 aromatic rings. The molecule has 1 heterocycles. The highest BCUT2D eigenvalue weighted by molar-refractivity contribution is 5.92. The Balaban J connectivity index is 2.11. The number of likely N-dealkylation sites (N-methyl/N-ethyl adjacent to an activating group) is 1. The van der Waals surface area contributed by atoms with Gasteiger partial charge in [-0.2, -0.15) is 0 Å². The minimum absolute atomic E-state index is 0.0323. The molecule has 1 atom stereocenters. The van der Waals surface area contributed by atoms with Gasteiger partial charge in [0, 0.05) is 26.3 Å². The minimum atomic E-state index is 0.0323. The number of benzene rings is 1.